The van der Waals surface area contributed by atoms with Gasteiger partial charge in [-0.15, -0.1) is 0 Å². The molecular formula is C24H28N4O. The molecule has 1 amide bonds. The second-order valence-corrected chi connectivity index (χ2v) is 6.80. The molecule has 0 unspecified atom stereocenters. The minimum atomic E-state index is -0.167. The monoisotopic (exact) mass is 388 g/mol. The lowest BCUT2D eigenvalue weighted by atomic mass is 10.1. The van der Waals surface area contributed by atoms with Gasteiger partial charge in [-0.1, -0.05) is 30.3 Å². The summed E-state index contributed by atoms with van der Waals surface area (Å²) in [5, 5.41) is 6.28. The third-order valence-corrected chi connectivity index (χ3v) is 4.84. The molecule has 0 bridgehead atoms. The summed E-state index contributed by atoms with van der Waals surface area (Å²) in [7, 11) is 0. The van der Waals surface area contributed by atoms with Gasteiger partial charge in [-0.05, 0) is 56.2 Å². The molecule has 3 aromatic rings. The fourth-order valence-electron chi connectivity index (χ4n) is 3.20. The van der Waals surface area contributed by atoms with Gasteiger partial charge in [-0.25, -0.2) is 0 Å². The maximum Gasteiger partial charge on any atom is 0.257 e. The van der Waals surface area contributed by atoms with Crippen LogP contribution in [0.15, 0.2) is 73.1 Å². The number of nitrogens with one attached hydrogen (secondary N) is 2. The van der Waals surface area contributed by atoms with Crippen LogP contribution in [0, 0.1) is 0 Å². The predicted octanol–water partition coefficient (Wildman–Crippen LogP) is 4.83. The van der Waals surface area contributed by atoms with Crippen molar-refractivity contribution < 1.29 is 4.79 Å². The molecule has 2 aromatic carbocycles. The van der Waals surface area contributed by atoms with Crippen molar-refractivity contribution in [2.75, 3.05) is 35.2 Å². The second kappa shape index (κ2) is 10.3. The van der Waals surface area contributed by atoms with Crippen LogP contribution in [-0.2, 0) is 6.42 Å². The normalized spacial score (nSPS) is 10.4. The lowest BCUT2D eigenvalue weighted by Gasteiger charge is -2.21. The van der Waals surface area contributed by atoms with Crippen molar-refractivity contribution in [2.24, 2.45) is 0 Å². The highest BCUT2D eigenvalue weighted by atomic mass is 16.1. The Morgan fingerprint density at radius 2 is 1.66 bits per heavy atom. The average molecular weight is 389 g/mol. The zero-order valence-electron chi connectivity index (χ0n) is 17.1. The first-order chi connectivity index (χ1) is 14.2. The van der Waals surface area contributed by atoms with Gasteiger partial charge in [-0.2, -0.15) is 0 Å². The molecule has 150 valence electrons. The summed E-state index contributed by atoms with van der Waals surface area (Å²) in [6.45, 7) is 6.96. The van der Waals surface area contributed by atoms with Gasteiger partial charge in [0.05, 0.1) is 11.3 Å². The van der Waals surface area contributed by atoms with E-state index >= 15 is 0 Å². The number of anilines is 3. The smallest absolute Gasteiger partial charge is 0.257 e. The Kier molecular flexibility index (Phi) is 7.22. The van der Waals surface area contributed by atoms with Crippen LogP contribution in [0.3, 0.4) is 0 Å². The Morgan fingerprint density at radius 3 is 2.34 bits per heavy atom. The molecule has 0 radical (unpaired) electrons. The molecule has 2 N–H and O–H groups in total. The van der Waals surface area contributed by atoms with Crippen LogP contribution in [0.25, 0.3) is 0 Å². The molecule has 0 spiro atoms. The van der Waals surface area contributed by atoms with E-state index in [4.69, 9.17) is 0 Å². The molecular weight excluding hydrogens is 360 g/mol. The predicted molar refractivity (Wildman–Crippen MR) is 121 cm³/mol. The first-order valence-electron chi connectivity index (χ1n) is 10.1. The van der Waals surface area contributed by atoms with E-state index in [-0.39, 0.29) is 5.91 Å². The molecule has 1 heterocycles. The molecule has 0 fully saturated rings. The Bertz CT molecular complexity index is 906. The minimum Gasteiger partial charge on any atom is -0.383 e. The van der Waals surface area contributed by atoms with Crippen LogP contribution in [-0.4, -0.2) is 30.5 Å². The summed E-state index contributed by atoms with van der Waals surface area (Å²) in [4.78, 5) is 19.1. The van der Waals surface area contributed by atoms with Crippen molar-refractivity contribution in [1.82, 2.24) is 4.98 Å². The third-order valence-electron chi connectivity index (χ3n) is 4.84. The van der Waals surface area contributed by atoms with Crippen molar-refractivity contribution in [3.05, 3.63) is 84.2 Å². The molecule has 29 heavy (non-hydrogen) atoms. The molecule has 5 heteroatoms. The highest BCUT2D eigenvalue weighted by Gasteiger charge is 2.08. The lowest BCUT2D eigenvalue weighted by Crippen LogP contribution is -2.21. The van der Waals surface area contributed by atoms with Crippen molar-refractivity contribution >= 4 is 23.0 Å². The van der Waals surface area contributed by atoms with Crippen molar-refractivity contribution in [1.29, 1.82) is 0 Å². The second-order valence-electron chi connectivity index (χ2n) is 6.80. The fraction of sp³-hybridized carbons (Fsp3) is 0.250. The van der Waals surface area contributed by atoms with Gasteiger partial charge in [0.1, 0.15) is 0 Å². The van der Waals surface area contributed by atoms with Crippen LogP contribution < -0.4 is 15.5 Å². The Labute approximate surface area is 172 Å². The van der Waals surface area contributed by atoms with Crippen LogP contribution in [0.2, 0.25) is 0 Å². The van der Waals surface area contributed by atoms with Crippen LogP contribution in [0.5, 0.6) is 0 Å². The van der Waals surface area contributed by atoms with E-state index in [0.29, 0.717) is 5.56 Å². The number of benzene rings is 2. The first kappa shape index (κ1) is 20.4. The number of amides is 1. The zero-order chi connectivity index (χ0) is 20.5. The van der Waals surface area contributed by atoms with E-state index in [0.717, 1.165) is 43.1 Å². The van der Waals surface area contributed by atoms with Crippen LogP contribution in [0.4, 0.5) is 17.1 Å². The number of carbonyl (C=O) groups is 1. The molecule has 0 aliphatic heterocycles. The number of rotatable bonds is 9. The van der Waals surface area contributed by atoms with E-state index in [9.17, 15) is 4.79 Å². The van der Waals surface area contributed by atoms with Gasteiger partial charge in [0, 0.05) is 43.4 Å². The molecule has 3 rings (SSSR count). The molecule has 0 saturated heterocycles. The Balaban J connectivity index is 1.57. The summed E-state index contributed by atoms with van der Waals surface area (Å²) in [6.07, 6.45) is 4.23. The quantitative estimate of drug-likeness (QED) is 0.551. The first-order valence-corrected chi connectivity index (χ1v) is 10.1. The highest BCUT2D eigenvalue weighted by Crippen LogP contribution is 2.18. The Morgan fingerprint density at radius 1 is 0.931 bits per heavy atom. The van der Waals surface area contributed by atoms with Crippen LogP contribution >= 0.6 is 0 Å². The molecule has 1 aromatic heterocycles. The summed E-state index contributed by atoms with van der Waals surface area (Å²) in [5.74, 6) is -0.167. The van der Waals surface area contributed by atoms with E-state index in [2.05, 4.69) is 46.5 Å². The molecule has 0 saturated carbocycles. The van der Waals surface area contributed by atoms with E-state index < -0.39 is 0 Å². The number of aromatic nitrogens is 1. The van der Waals surface area contributed by atoms with Crippen molar-refractivity contribution in [3.63, 3.8) is 0 Å². The largest absolute Gasteiger partial charge is 0.383 e. The SMILES string of the molecule is CCN(CC)c1ccc(NC(=O)c2cncc(NCCc3ccccc3)c2)cc1. The maximum atomic E-state index is 12.6. The number of nitrogens with zero attached hydrogens (tertiary/aromatic N) is 2. The van der Waals surface area contributed by atoms with Gasteiger partial charge in [0.25, 0.3) is 5.91 Å². The summed E-state index contributed by atoms with van der Waals surface area (Å²) in [5.41, 5.74) is 4.57. The third kappa shape index (κ3) is 5.82. The summed E-state index contributed by atoms with van der Waals surface area (Å²) >= 11 is 0. The van der Waals surface area contributed by atoms with Gasteiger partial charge in [-0.3, -0.25) is 9.78 Å². The van der Waals surface area contributed by atoms with Gasteiger partial charge < -0.3 is 15.5 Å². The summed E-state index contributed by atoms with van der Waals surface area (Å²) < 4.78 is 0. The van der Waals surface area contributed by atoms with Crippen molar-refractivity contribution in [2.45, 2.75) is 20.3 Å². The van der Waals surface area contributed by atoms with E-state index in [1.165, 1.54) is 5.56 Å². The molecule has 0 aliphatic rings. The number of hydrogen-bond donors (Lipinski definition) is 2. The van der Waals surface area contributed by atoms with Crippen molar-refractivity contribution in [3.8, 4) is 0 Å². The maximum absolute atomic E-state index is 12.6. The van der Waals surface area contributed by atoms with Gasteiger partial charge in [0.2, 0.25) is 0 Å². The molecule has 5 nitrogen and oxygen atoms in total. The number of pyridine rings is 1. The summed E-state index contributed by atoms with van der Waals surface area (Å²) in [6, 6.07) is 20.1. The van der Waals surface area contributed by atoms with Gasteiger partial charge >= 0.3 is 0 Å². The minimum absolute atomic E-state index is 0.167. The van der Waals surface area contributed by atoms with Gasteiger partial charge in [0.15, 0.2) is 0 Å². The molecule has 0 aliphatic carbocycles. The number of carbonyl (C=O) groups excluding carboxylic acids is 1. The number of hydrogen-bond acceptors (Lipinski definition) is 4. The highest BCUT2D eigenvalue weighted by molar-refractivity contribution is 6.04. The zero-order valence-corrected chi connectivity index (χ0v) is 17.1. The standard InChI is InChI=1S/C24H28N4O/c1-3-28(4-2)23-12-10-21(11-13-23)27-24(29)20-16-22(18-25-17-20)26-15-14-19-8-6-5-7-9-19/h5-13,16-18,26H,3-4,14-15H2,1-2H3,(H,27,29). The fourth-order valence-corrected chi connectivity index (χ4v) is 3.20. The lowest BCUT2D eigenvalue weighted by molar-refractivity contribution is 0.102. The average Bonchev–Trinajstić information content (AvgIpc) is 2.77. The van der Waals surface area contributed by atoms with E-state index in [1.54, 1.807) is 12.4 Å². The Hall–Kier alpha value is -3.34. The topological polar surface area (TPSA) is 57.3 Å². The van der Waals surface area contributed by atoms with Crippen LogP contribution in [0.1, 0.15) is 29.8 Å². The van der Waals surface area contributed by atoms with E-state index in [1.807, 2.05) is 48.5 Å². The molecule has 0 atom stereocenters.